The highest BCUT2D eigenvalue weighted by atomic mass is 35.5. The molecule has 0 bridgehead atoms. The molecule has 0 unspecified atom stereocenters. The van der Waals surface area contributed by atoms with Crippen LogP contribution in [-0.2, 0) is 21.3 Å². The molecule has 4 heterocycles. The van der Waals surface area contributed by atoms with Crippen molar-refractivity contribution < 1.29 is 14.3 Å². The lowest BCUT2D eigenvalue weighted by Crippen LogP contribution is -2.59. The number of allylic oxidation sites excluding steroid dienone is 1. The van der Waals surface area contributed by atoms with Gasteiger partial charge in [-0.2, -0.15) is 0 Å². The number of hydrogen-bond acceptors (Lipinski definition) is 5. The van der Waals surface area contributed by atoms with Gasteiger partial charge in [0.25, 0.3) is 0 Å². The predicted molar refractivity (Wildman–Crippen MR) is 221 cm³/mol. The normalized spacial score (nSPS) is 24.7. The standard InChI is InChI=1S/C45H55Cl2N5O3/c1-7-55-38-27-39(43(2,3)4)48-28-37(38)41-49-44(5,33-12-16-35(46)17-13-33)45(6,34-14-18-36(47)19-15-34)52(41)42(54)50-23-20-30(21-24-50)26-40(53)51-25-22-31-10-8-9-11-32(31)29-51/h11-19,27-28,30-31H,7-10,20-26,29H2,1-6H3/t31-,44+,45-/m1/s1. The van der Waals surface area contributed by atoms with Crippen molar-refractivity contribution in [2.75, 3.05) is 32.8 Å². The highest BCUT2D eigenvalue weighted by molar-refractivity contribution is 6.30. The summed E-state index contributed by atoms with van der Waals surface area (Å²) in [5.41, 5.74) is 2.58. The van der Waals surface area contributed by atoms with Crippen LogP contribution in [0, 0.1) is 11.8 Å². The van der Waals surface area contributed by atoms with Gasteiger partial charge in [-0.1, -0.05) is 79.9 Å². The van der Waals surface area contributed by atoms with Crippen molar-refractivity contribution in [2.24, 2.45) is 16.8 Å². The SMILES string of the molecule is CCOc1cc(C(C)(C)C)ncc1C1=N[C@@](C)(c2ccc(Cl)cc2)[C@@](C)(c2ccc(Cl)cc2)N1C(=O)N1CCC(CC(=O)N2CC[C@H]3CCCC=C3C2)CC1. The van der Waals surface area contributed by atoms with Crippen molar-refractivity contribution in [3.05, 3.63) is 105 Å². The van der Waals surface area contributed by atoms with Gasteiger partial charge in [0.1, 0.15) is 22.7 Å². The third-order valence-electron chi connectivity index (χ3n) is 12.6. The molecule has 0 saturated carbocycles. The summed E-state index contributed by atoms with van der Waals surface area (Å²) < 4.78 is 6.32. The first-order valence-corrected chi connectivity index (χ1v) is 20.8. The molecule has 292 valence electrons. The summed E-state index contributed by atoms with van der Waals surface area (Å²) in [5.74, 6) is 2.24. The van der Waals surface area contributed by atoms with Gasteiger partial charge in [0.2, 0.25) is 5.91 Å². The van der Waals surface area contributed by atoms with Crippen LogP contribution in [0.5, 0.6) is 5.75 Å². The number of carbonyl (C=O) groups is 2. The van der Waals surface area contributed by atoms with E-state index in [-0.39, 0.29) is 23.3 Å². The quantitative estimate of drug-likeness (QED) is 0.224. The van der Waals surface area contributed by atoms with E-state index in [2.05, 4.69) is 45.6 Å². The monoisotopic (exact) mass is 783 g/mol. The first-order chi connectivity index (χ1) is 26.2. The average molecular weight is 785 g/mol. The zero-order valence-electron chi connectivity index (χ0n) is 33.2. The average Bonchev–Trinajstić information content (AvgIpc) is 3.42. The third-order valence-corrected chi connectivity index (χ3v) is 13.1. The zero-order valence-corrected chi connectivity index (χ0v) is 34.7. The van der Waals surface area contributed by atoms with Crippen LogP contribution in [0.25, 0.3) is 0 Å². The van der Waals surface area contributed by atoms with Crippen molar-refractivity contribution in [1.29, 1.82) is 0 Å². The Bertz CT molecular complexity index is 1970. The molecule has 4 aliphatic rings. The number of hydrogen-bond donors (Lipinski definition) is 0. The van der Waals surface area contributed by atoms with E-state index in [1.54, 1.807) is 0 Å². The molecule has 10 heteroatoms. The Kier molecular flexibility index (Phi) is 11.1. The highest BCUT2D eigenvalue weighted by Crippen LogP contribution is 2.54. The number of pyridine rings is 1. The van der Waals surface area contributed by atoms with Gasteiger partial charge in [0.15, 0.2) is 0 Å². The van der Waals surface area contributed by atoms with Crippen molar-refractivity contribution in [1.82, 2.24) is 19.7 Å². The van der Waals surface area contributed by atoms with E-state index in [1.165, 1.54) is 18.4 Å². The molecule has 55 heavy (non-hydrogen) atoms. The van der Waals surface area contributed by atoms with E-state index in [4.69, 9.17) is 37.9 Å². The van der Waals surface area contributed by atoms with Gasteiger partial charge in [-0.3, -0.25) is 19.7 Å². The molecular formula is C45H55Cl2N5O3. The smallest absolute Gasteiger partial charge is 0.326 e. The highest BCUT2D eigenvalue weighted by Gasteiger charge is 2.60. The van der Waals surface area contributed by atoms with E-state index in [1.807, 2.05) is 77.5 Å². The lowest BCUT2D eigenvalue weighted by atomic mass is 9.71. The van der Waals surface area contributed by atoms with Crippen molar-refractivity contribution in [2.45, 2.75) is 103 Å². The number of halogens is 2. The molecule has 1 aliphatic carbocycles. The number of amides is 3. The second-order valence-electron chi connectivity index (χ2n) is 17.1. The number of rotatable bonds is 7. The molecule has 0 radical (unpaired) electrons. The molecule has 8 nitrogen and oxygen atoms in total. The van der Waals surface area contributed by atoms with E-state index in [0.717, 1.165) is 55.6 Å². The minimum atomic E-state index is -1.02. The molecule has 3 atom stereocenters. The molecular weight excluding hydrogens is 729 g/mol. The molecule has 3 aromatic rings. The molecule has 3 aliphatic heterocycles. The number of urea groups is 1. The first kappa shape index (κ1) is 39.4. The maximum Gasteiger partial charge on any atom is 0.326 e. The fourth-order valence-corrected chi connectivity index (χ4v) is 9.31. The van der Waals surface area contributed by atoms with Crippen LogP contribution in [0.1, 0.15) is 109 Å². The number of carbonyl (C=O) groups excluding carboxylic acids is 2. The molecule has 2 aromatic carbocycles. The van der Waals surface area contributed by atoms with Gasteiger partial charge < -0.3 is 14.5 Å². The number of benzene rings is 2. The van der Waals surface area contributed by atoms with Gasteiger partial charge in [0.05, 0.1) is 12.2 Å². The number of amidine groups is 1. The van der Waals surface area contributed by atoms with Crippen LogP contribution in [0.4, 0.5) is 4.79 Å². The first-order valence-electron chi connectivity index (χ1n) is 20.0. The van der Waals surface area contributed by atoms with Crippen LogP contribution >= 0.6 is 23.2 Å². The molecule has 2 saturated heterocycles. The van der Waals surface area contributed by atoms with Crippen LogP contribution in [0.3, 0.4) is 0 Å². The minimum absolute atomic E-state index is 0.146. The van der Waals surface area contributed by atoms with Gasteiger partial charge in [-0.15, -0.1) is 0 Å². The summed E-state index contributed by atoms with van der Waals surface area (Å²) in [4.78, 5) is 45.3. The number of ether oxygens (including phenoxy) is 1. The molecule has 1 aromatic heterocycles. The number of likely N-dealkylation sites (tertiary alicyclic amines) is 2. The fourth-order valence-electron chi connectivity index (χ4n) is 9.05. The number of aromatic nitrogens is 1. The molecule has 0 N–H and O–H groups in total. The number of fused-ring (bicyclic) bond motifs is 1. The van der Waals surface area contributed by atoms with Crippen molar-refractivity contribution >= 4 is 41.0 Å². The maximum atomic E-state index is 15.4. The van der Waals surface area contributed by atoms with E-state index in [9.17, 15) is 4.79 Å². The zero-order chi connectivity index (χ0) is 39.1. The van der Waals surface area contributed by atoms with Crippen molar-refractivity contribution in [3.63, 3.8) is 0 Å². The largest absolute Gasteiger partial charge is 0.493 e. The Hall–Kier alpha value is -3.88. The topological polar surface area (TPSA) is 78.3 Å². The Morgan fingerprint density at radius 3 is 2.16 bits per heavy atom. The summed E-state index contributed by atoms with van der Waals surface area (Å²) in [5, 5.41) is 1.22. The number of aliphatic imine (C=N–C) groups is 1. The van der Waals surface area contributed by atoms with Gasteiger partial charge in [0, 0.05) is 66.0 Å². The fraction of sp³-hybridized carbons (Fsp3) is 0.511. The van der Waals surface area contributed by atoms with Gasteiger partial charge >= 0.3 is 6.03 Å². The van der Waals surface area contributed by atoms with Gasteiger partial charge in [-0.25, -0.2) is 4.79 Å². The van der Waals surface area contributed by atoms with Gasteiger partial charge in [-0.05, 0) is 107 Å². The van der Waals surface area contributed by atoms with E-state index < -0.39 is 11.1 Å². The number of nitrogens with zero attached hydrogens (tertiary/aromatic N) is 5. The van der Waals surface area contributed by atoms with Crippen LogP contribution < -0.4 is 4.74 Å². The van der Waals surface area contributed by atoms with Crippen LogP contribution in [0.2, 0.25) is 10.0 Å². The van der Waals surface area contributed by atoms with E-state index >= 15 is 4.79 Å². The Labute approximate surface area is 336 Å². The lowest BCUT2D eigenvalue weighted by Gasteiger charge is -2.47. The Morgan fingerprint density at radius 1 is 0.891 bits per heavy atom. The van der Waals surface area contributed by atoms with Crippen LogP contribution in [0.15, 0.2) is 77.4 Å². The lowest BCUT2D eigenvalue weighted by molar-refractivity contribution is -0.133. The summed E-state index contributed by atoms with van der Waals surface area (Å²) in [6, 6.07) is 17.3. The third kappa shape index (κ3) is 7.53. The predicted octanol–water partition coefficient (Wildman–Crippen LogP) is 10.2. The van der Waals surface area contributed by atoms with Crippen LogP contribution in [-0.4, -0.2) is 70.2 Å². The molecule has 7 rings (SSSR count). The minimum Gasteiger partial charge on any atom is -0.493 e. The maximum absolute atomic E-state index is 15.4. The summed E-state index contributed by atoms with van der Waals surface area (Å²) >= 11 is 12.9. The molecule has 3 amide bonds. The Morgan fingerprint density at radius 2 is 1.53 bits per heavy atom. The van der Waals surface area contributed by atoms with Crippen molar-refractivity contribution in [3.8, 4) is 5.75 Å². The Balaban J connectivity index is 1.24. The van der Waals surface area contributed by atoms with E-state index in [0.29, 0.717) is 59.2 Å². The summed E-state index contributed by atoms with van der Waals surface area (Å²) in [7, 11) is 0. The summed E-state index contributed by atoms with van der Waals surface area (Å²) in [6.45, 7) is 15.6. The summed E-state index contributed by atoms with van der Waals surface area (Å²) in [6.07, 6.45) is 10.9. The molecule has 2 fully saturated rings. The number of piperidine rings is 2. The molecule has 0 spiro atoms. The second-order valence-corrected chi connectivity index (χ2v) is 18.0. The second kappa shape index (κ2) is 15.6.